The molecule has 2 fully saturated rings. The summed E-state index contributed by atoms with van der Waals surface area (Å²) in [5.41, 5.74) is 2.81. The van der Waals surface area contributed by atoms with Gasteiger partial charge < -0.3 is 10.4 Å². The fourth-order valence-electron chi connectivity index (χ4n) is 3.26. The van der Waals surface area contributed by atoms with Crippen LogP contribution in [0.2, 0.25) is 0 Å². The Bertz CT molecular complexity index is 606. The molecule has 2 saturated carbocycles. The van der Waals surface area contributed by atoms with Crippen LogP contribution >= 0.6 is 0 Å². The largest absolute Gasteiger partial charge is 0.391 e. The van der Waals surface area contributed by atoms with E-state index in [2.05, 4.69) is 34.7 Å². The number of nitrogens with zero attached hydrogens (tertiary/aromatic N) is 2. The number of rotatable bonds is 5. The Morgan fingerprint density at radius 1 is 1.29 bits per heavy atom. The summed E-state index contributed by atoms with van der Waals surface area (Å²) in [7, 11) is 0. The summed E-state index contributed by atoms with van der Waals surface area (Å²) in [6, 6.07) is 11.2. The van der Waals surface area contributed by atoms with E-state index in [9.17, 15) is 5.11 Å². The molecular weight excluding hydrogens is 262 g/mol. The van der Waals surface area contributed by atoms with Gasteiger partial charge in [0.2, 0.25) is 0 Å². The van der Waals surface area contributed by atoms with Crippen LogP contribution in [0.3, 0.4) is 0 Å². The molecule has 3 atom stereocenters. The van der Waals surface area contributed by atoms with Crippen LogP contribution in [0.5, 0.6) is 0 Å². The fourth-order valence-corrected chi connectivity index (χ4v) is 3.26. The first-order valence-electron chi connectivity index (χ1n) is 7.80. The number of aliphatic hydroxyl groups excluding tert-OH is 1. The second-order valence-corrected chi connectivity index (χ2v) is 6.29. The minimum absolute atomic E-state index is 0.0617. The average molecular weight is 283 g/mol. The monoisotopic (exact) mass is 283 g/mol. The van der Waals surface area contributed by atoms with Crippen molar-refractivity contribution in [3.8, 4) is 0 Å². The van der Waals surface area contributed by atoms with Gasteiger partial charge in [-0.25, -0.2) is 0 Å². The Hall–Kier alpha value is -1.65. The topological polar surface area (TPSA) is 50.1 Å². The van der Waals surface area contributed by atoms with E-state index < -0.39 is 0 Å². The van der Waals surface area contributed by atoms with E-state index in [-0.39, 0.29) is 12.1 Å². The van der Waals surface area contributed by atoms with Crippen LogP contribution in [-0.2, 0) is 6.54 Å². The lowest BCUT2D eigenvalue weighted by molar-refractivity contribution is -0.00822. The molecule has 1 aromatic heterocycles. The molecule has 4 nitrogen and oxygen atoms in total. The SMILES string of the molecule is O[C@@H]1C[C@H](NCc2cccc(C3CC3)c2)[C@H]1n1cccn1. The molecule has 2 N–H and O–H groups in total. The predicted molar refractivity (Wildman–Crippen MR) is 80.9 cm³/mol. The van der Waals surface area contributed by atoms with Crippen molar-refractivity contribution in [3.05, 3.63) is 53.9 Å². The standard InChI is InChI=1S/C17H21N3O/c21-16-10-15(17(16)20-8-2-7-19-20)18-11-12-3-1-4-14(9-12)13-5-6-13/h1-4,7-9,13,15-18,21H,5-6,10-11H2/t15-,16+,17+/m0/s1. The molecule has 2 aromatic rings. The van der Waals surface area contributed by atoms with Crippen molar-refractivity contribution < 1.29 is 5.11 Å². The number of hydrogen-bond donors (Lipinski definition) is 2. The zero-order valence-electron chi connectivity index (χ0n) is 12.0. The van der Waals surface area contributed by atoms with Gasteiger partial charge in [-0.1, -0.05) is 24.3 Å². The van der Waals surface area contributed by atoms with Crippen LogP contribution in [0.1, 0.15) is 42.3 Å². The molecule has 4 heteroatoms. The van der Waals surface area contributed by atoms with E-state index in [1.807, 2.05) is 16.9 Å². The van der Waals surface area contributed by atoms with Crippen molar-refractivity contribution in [2.24, 2.45) is 0 Å². The summed E-state index contributed by atoms with van der Waals surface area (Å²) in [5.74, 6) is 0.798. The zero-order valence-corrected chi connectivity index (χ0v) is 12.0. The molecule has 0 bridgehead atoms. The molecule has 110 valence electrons. The highest BCUT2D eigenvalue weighted by Crippen LogP contribution is 2.40. The van der Waals surface area contributed by atoms with Gasteiger partial charge in [-0.3, -0.25) is 4.68 Å². The average Bonchev–Trinajstić information content (AvgIpc) is 3.22. The smallest absolute Gasteiger partial charge is 0.0932 e. The fraction of sp³-hybridized carbons (Fsp3) is 0.471. The van der Waals surface area contributed by atoms with Gasteiger partial charge in [0.1, 0.15) is 0 Å². The molecule has 0 amide bonds. The number of aromatic nitrogens is 2. The summed E-state index contributed by atoms with van der Waals surface area (Å²) >= 11 is 0. The second kappa shape index (κ2) is 5.28. The van der Waals surface area contributed by atoms with E-state index in [1.165, 1.54) is 24.0 Å². The Labute approximate surface area is 124 Å². The van der Waals surface area contributed by atoms with Gasteiger partial charge in [0.05, 0.1) is 12.1 Å². The van der Waals surface area contributed by atoms with E-state index >= 15 is 0 Å². The van der Waals surface area contributed by atoms with E-state index in [0.717, 1.165) is 18.9 Å². The van der Waals surface area contributed by atoms with Gasteiger partial charge in [0.15, 0.2) is 0 Å². The first-order valence-corrected chi connectivity index (χ1v) is 7.80. The lowest BCUT2D eigenvalue weighted by Gasteiger charge is -2.42. The van der Waals surface area contributed by atoms with Crippen LogP contribution < -0.4 is 5.32 Å². The van der Waals surface area contributed by atoms with Crippen molar-refractivity contribution in [2.45, 2.75) is 49.9 Å². The van der Waals surface area contributed by atoms with Gasteiger partial charge in [-0.05, 0) is 42.4 Å². The molecular formula is C17H21N3O. The van der Waals surface area contributed by atoms with Crippen LogP contribution in [0.4, 0.5) is 0 Å². The minimum atomic E-state index is -0.291. The molecule has 0 spiro atoms. The minimum Gasteiger partial charge on any atom is -0.391 e. The summed E-state index contributed by atoms with van der Waals surface area (Å²) in [6.45, 7) is 0.857. The summed E-state index contributed by atoms with van der Waals surface area (Å²) < 4.78 is 1.87. The quantitative estimate of drug-likeness (QED) is 0.884. The molecule has 1 aromatic carbocycles. The zero-order chi connectivity index (χ0) is 14.2. The maximum atomic E-state index is 9.97. The first kappa shape index (κ1) is 13.0. The highest BCUT2D eigenvalue weighted by molar-refractivity contribution is 5.29. The molecule has 2 aliphatic rings. The highest BCUT2D eigenvalue weighted by atomic mass is 16.3. The van der Waals surface area contributed by atoms with Crippen molar-refractivity contribution in [3.63, 3.8) is 0 Å². The van der Waals surface area contributed by atoms with Crippen LogP contribution in [0, 0.1) is 0 Å². The van der Waals surface area contributed by atoms with Crippen molar-refractivity contribution in [1.29, 1.82) is 0 Å². The molecule has 0 unspecified atom stereocenters. The van der Waals surface area contributed by atoms with Crippen molar-refractivity contribution >= 4 is 0 Å². The summed E-state index contributed by atoms with van der Waals surface area (Å²) in [5, 5.41) is 17.8. The molecule has 4 rings (SSSR count). The normalized spacial score (nSPS) is 28.3. The van der Waals surface area contributed by atoms with Gasteiger partial charge in [-0.2, -0.15) is 5.10 Å². The number of hydrogen-bond acceptors (Lipinski definition) is 3. The second-order valence-electron chi connectivity index (χ2n) is 6.29. The Morgan fingerprint density at radius 3 is 2.90 bits per heavy atom. The number of aliphatic hydroxyl groups is 1. The van der Waals surface area contributed by atoms with Crippen molar-refractivity contribution in [2.75, 3.05) is 0 Å². The van der Waals surface area contributed by atoms with Crippen molar-refractivity contribution in [1.82, 2.24) is 15.1 Å². The number of benzene rings is 1. The maximum absolute atomic E-state index is 9.97. The van der Waals surface area contributed by atoms with Crippen LogP contribution in [0.25, 0.3) is 0 Å². The number of nitrogens with one attached hydrogen (secondary N) is 1. The van der Waals surface area contributed by atoms with Gasteiger partial charge in [0.25, 0.3) is 0 Å². The molecule has 0 saturated heterocycles. The predicted octanol–water partition coefficient (Wildman–Crippen LogP) is 2.22. The van der Waals surface area contributed by atoms with E-state index in [1.54, 1.807) is 6.20 Å². The van der Waals surface area contributed by atoms with Gasteiger partial charge in [-0.15, -0.1) is 0 Å². The molecule has 2 aliphatic carbocycles. The third-order valence-corrected chi connectivity index (χ3v) is 4.70. The molecule has 0 aliphatic heterocycles. The summed E-state index contributed by atoms with van der Waals surface area (Å²) in [6.07, 6.45) is 6.88. The van der Waals surface area contributed by atoms with Crippen LogP contribution in [-0.4, -0.2) is 27.0 Å². The van der Waals surface area contributed by atoms with Gasteiger partial charge in [0, 0.05) is 25.0 Å². The molecule has 0 radical (unpaired) electrons. The summed E-state index contributed by atoms with van der Waals surface area (Å²) in [4.78, 5) is 0. The molecule has 1 heterocycles. The Balaban J connectivity index is 1.39. The first-order chi connectivity index (χ1) is 10.3. The van der Waals surface area contributed by atoms with Crippen LogP contribution in [0.15, 0.2) is 42.7 Å². The van der Waals surface area contributed by atoms with E-state index in [0.29, 0.717) is 6.04 Å². The maximum Gasteiger partial charge on any atom is 0.0932 e. The highest BCUT2D eigenvalue weighted by Gasteiger charge is 2.41. The third-order valence-electron chi connectivity index (χ3n) is 4.70. The van der Waals surface area contributed by atoms with E-state index in [4.69, 9.17) is 0 Å². The lowest BCUT2D eigenvalue weighted by atomic mass is 9.83. The lowest BCUT2D eigenvalue weighted by Crippen LogP contribution is -2.54. The Kier molecular flexibility index (Phi) is 3.28. The molecule has 21 heavy (non-hydrogen) atoms. The van der Waals surface area contributed by atoms with Gasteiger partial charge >= 0.3 is 0 Å². The third kappa shape index (κ3) is 2.61. The Morgan fingerprint density at radius 2 is 2.19 bits per heavy atom.